The van der Waals surface area contributed by atoms with Gasteiger partial charge in [0.25, 0.3) is 11.5 Å². The summed E-state index contributed by atoms with van der Waals surface area (Å²) in [6.07, 6.45) is 0. The first-order valence-corrected chi connectivity index (χ1v) is 10.1. The van der Waals surface area contributed by atoms with Gasteiger partial charge in [0, 0.05) is 25.7 Å². The molecule has 3 aromatic heterocycles. The predicted molar refractivity (Wildman–Crippen MR) is 123 cm³/mol. The summed E-state index contributed by atoms with van der Waals surface area (Å²) in [6.45, 7) is 7.85. The van der Waals surface area contributed by atoms with Crippen LogP contribution >= 0.6 is 0 Å². The second-order valence-electron chi connectivity index (χ2n) is 8.10. The minimum Gasteiger partial charge on any atom is -0.304 e. The highest BCUT2D eigenvalue weighted by atomic mass is 16.2. The molecular formula is C23H24N6O3. The Bertz CT molecular complexity index is 1520. The van der Waals surface area contributed by atoms with Gasteiger partial charge in [-0.1, -0.05) is 6.07 Å². The molecule has 0 spiro atoms. The normalized spacial score (nSPS) is 11.2. The summed E-state index contributed by atoms with van der Waals surface area (Å²) in [6, 6.07) is 7.48. The van der Waals surface area contributed by atoms with Crippen molar-refractivity contribution in [1.29, 1.82) is 0 Å². The predicted octanol–water partition coefficient (Wildman–Crippen LogP) is 2.51. The van der Waals surface area contributed by atoms with Crippen LogP contribution in [0, 0.1) is 27.7 Å². The number of anilines is 1. The van der Waals surface area contributed by atoms with Crippen LogP contribution in [0.1, 0.15) is 32.7 Å². The number of fused-ring (bicyclic) bond motifs is 1. The van der Waals surface area contributed by atoms with Gasteiger partial charge >= 0.3 is 5.69 Å². The molecule has 0 fully saturated rings. The van der Waals surface area contributed by atoms with Crippen LogP contribution in [-0.2, 0) is 14.1 Å². The van der Waals surface area contributed by atoms with Crippen molar-refractivity contribution in [2.45, 2.75) is 27.7 Å². The van der Waals surface area contributed by atoms with Crippen molar-refractivity contribution in [3.8, 4) is 11.3 Å². The highest BCUT2D eigenvalue weighted by Crippen LogP contribution is 2.26. The van der Waals surface area contributed by atoms with Crippen LogP contribution in [0.3, 0.4) is 0 Å². The number of hydrogen-bond donors (Lipinski definition) is 2. The van der Waals surface area contributed by atoms with Gasteiger partial charge < -0.3 is 5.32 Å². The molecule has 0 bridgehead atoms. The third-order valence-electron chi connectivity index (χ3n) is 5.79. The second-order valence-corrected chi connectivity index (χ2v) is 8.10. The maximum absolute atomic E-state index is 12.9. The zero-order valence-electron chi connectivity index (χ0n) is 18.8. The molecule has 4 aromatic rings. The Morgan fingerprint density at radius 1 is 0.906 bits per heavy atom. The Labute approximate surface area is 183 Å². The van der Waals surface area contributed by atoms with Crippen LogP contribution in [0.5, 0.6) is 0 Å². The molecule has 2 N–H and O–H groups in total. The zero-order chi connectivity index (χ0) is 23.3. The fraction of sp³-hybridized carbons (Fsp3) is 0.261. The quantitative estimate of drug-likeness (QED) is 0.516. The van der Waals surface area contributed by atoms with Gasteiger partial charge in [-0.3, -0.25) is 23.8 Å². The molecular weight excluding hydrogens is 408 g/mol. The molecule has 164 valence electrons. The topological polar surface area (TPSA) is 115 Å². The van der Waals surface area contributed by atoms with E-state index in [0.29, 0.717) is 16.8 Å². The number of nitrogens with zero attached hydrogens (tertiary/aromatic N) is 4. The minimum absolute atomic E-state index is 0.0881. The molecule has 0 aliphatic carbocycles. The van der Waals surface area contributed by atoms with Crippen LogP contribution < -0.4 is 16.6 Å². The summed E-state index contributed by atoms with van der Waals surface area (Å²) >= 11 is 0. The van der Waals surface area contributed by atoms with Crippen molar-refractivity contribution in [3.63, 3.8) is 0 Å². The van der Waals surface area contributed by atoms with E-state index < -0.39 is 17.2 Å². The molecule has 3 heterocycles. The molecule has 9 heteroatoms. The number of aromatic amines is 1. The van der Waals surface area contributed by atoms with E-state index in [1.807, 2.05) is 13.8 Å². The van der Waals surface area contributed by atoms with E-state index in [-0.39, 0.29) is 11.3 Å². The lowest BCUT2D eigenvalue weighted by molar-refractivity contribution is 0.102. The molecule has 0 saturated heterocycles. The molecule has 0 radical (unpaired) electrons. The van der Waals surface area contributed by atoms with Crippen LogP contribution in [0.2, 0.25) is 0 Å². The third-order valence-corrected chi connectivity index (χ3v) is 5.79. The summed E-state index contributed by atoms with van der Waals surface area (Å²) in [4.78, 5) is 41.9. The minimum atomic E-state index is -0.507. The number of carbonyl (C=O) groups excluding carboxylic acids is 1. The molecule has 1 aromatic carbocycles. The molecule has 1 amide bonds. The molecule has 0 aliphatic rings. The first kappa shape index (κ1) is 21.2. The van der Waals surface area contributed by atoms with E-state index >= 15 is 0 Å². The van der Waals surface area contributed by atoms with Gasteiger partial charge in [0.2, 0.25) is 0 Å². The molecule has 32 heavy (non-hydrogen) atoms. The Kier molecular flexibility index (Phi) is 5.04. The number of amides is 1. The second kappa shape index (κ2) is 7.60. The van der Waals surface area contributed by atoms with Crippen molar-refractivity contribution < 1.29 is 4.79 Å². The zero-order valence-corrected chi connectivity index (χ0v) is 18.8. The standard InChI is InChI=1S/C23H24N6O3/c1-11-7-13(3)15(8-12(11)2)16-10-18(27-26-16)25-21(30)17-9-14(4)19-20(24-17)28(5)23(32)29(6)22(19)31/h7-10H,1-6H3,(H2,25,26,27,30). The molecule has 0 aliphatic heterocycles. The number of nitrogens with one attached hydrogen (secondary N) is 2. The smallest absolute Gasteiger partial charge is 0.304 e. The van der Waals surface area contributed by atoms with Crippen molar-refractivity contribution in [2.24, 2.45) is 14.1 Å². The highest BCUT2D eigenvalue weighted by Gasteiger charge is 2.18. The number of carbonyl (C=O) groups is 1. The van der Waals surface area contributed by atoms with Gasteiger partial charge in [0.15, 0.2) is 5.82 Å². The SMILES string of the molecule is Cc1cc(C)c(-c2cc(NC(=O)c3cc(C)c4c(=O)n(C)c(=O)n(C)c4n3)n[nH]2)cc1C. The van der Waals surface area contributed by atoms with Crippen molar-refractivity contribution in [2.75, 3.05) is 5.32 Å². The van der Waals surface area contributed by atoms with Crippen LogP contribution in [0.15, 0.2) is 33.9 Å². The Morgan fingerprint density at radius 3 is 2.31 bits per heavy atom. The maximum atomic E-state index is 12.9. The number of aryl methyl sites for hydroxylation is 5. The maximum Gasteiger partial charge on any atom is 0.332 e. The molecule has 4 rings (SSSR count). The van der Waals surface area contributed by atoms with Gasteiger partial charge in [-0.05, 0) is 62.1 Å². The lowest BCUT2D eigenvalue weighted by Crippen LogP contribution is -2.38. The highest BCUT2D eigenvalue weighted by molar-refractivity contribution is 6.04. The monoisotopic (exact) mass is 432 g/mol. The van der Waals surface area contributed by atoms with E-state index in [0.717, 1.165) is 21.4 Å². The van der Waals surface area contributed by atoms with Crippen molar-refractivity contribution in [3.05, 3.63) is 73.1 Å². The van der Waals surface area contributed by atoms with E-state index in [1.54, 1.807) is 13.0 Å². The first-order chi connectivity index (χ1) is 15.1. The van der Waals surface area contributed by atoms with Crippen molar-refractivity contribution >= 4 is 22.8 Å². The first-order valence-electron chi connectivity index (χ1n) is 10.1. The lowest BCUT2D eigenvalue weighted by atomic mass is 9.99. The Hall–Kier alpha value is -4.01. The van der Waals surface area contributed by atoms with E-state index in [1.165, 1.54) is 35.9 Å². The van der Waals surface area contributed by atoms with Crippen molar-refractivity contribution in [1.82, 2.24) is 24.3 Å². The van der Waals surface area contributed by atoms with E-state index in [4.69, 9.17) is 0 Å². The number of hydrogen-bond acceptors (Lipinski definition) is 5. The third kappa shape index (κ3) is 3.41. The Balaban J connectivity index is 1.69. The fourth-order valence-corrected chi connectivity index (χ4v) is 3.80. The van der Waals surface area contributed by atoms with Gasteiger partial charge in [0.1, 0.15) is 11.3 Å². The number of benzene rings is 1. The van der Waals surface area contributed by atoms with Gasteiger partial charge in [-0.2, -0.15) is 5.10 Å². The number of rotatable bonds is 3. The summed E-state index contributed by atoms with van der Waals surface area (Å²) < 4.78 is 2.28. The summed E-state index contributed by atoms with van der Waals surface area (Å²) in [5.41, 5.74) is 5.13. The molecule has 0 saturated carbocycles. The number of pyridine rings is 1. The molecule has 0 atom stereocenters. The lowest BCUT2D eigenvalue weighted by Gasteiger charge is -2.10. The van der Waals surface area contributed by atoms with Crippen LogP contribution in [0.25, 0.3) is 22.3 Å². The Morgan fingerprint density at radius 2 is 1.59 bits per heavy atom. The summed E-state index contributed by atoms with van der Waals surface area (Å²) in [5.74, 6) is -0.141. The van der Waals surface area contributed by atoms with E-state index in [9.17, 15) is 14.4 Å². The van der Waals surface area contributed by atoms with Crippen LogP contribution in [0.4, 0.5) is 5.82 Å². The number of H-pyrrole nitrogens is 1. The van der Waals surface area contributed by atoms with Crippen LogP contribution in [-0.4, -0.2) is 30.2 Å². The van der Waals surface area contributed by atoms with Gasteiger partial charge in [-0.25, -0.2) is 9.78 Å². The molecule has 9 nitrogen and oxygen atoms in total. The fourth-order valence-electron chi connectivity index (χ4n) is 3.80. The van der Waals surface area contributed by atoms with Gasteiger partial charge in [0.05, 0.1) is 11.1 Å². The largest absolute Gasteiger partial charge is 0.332 e. The summed E-state index contributed by atoms with van der Waals surface area (Å²) in [5, 5.41) is 10.2. The van der Waals surface area contributed by atoms with E-state index in [2.05, 4.69) is 39.6 Å². The summed E-state index contributed by atoms with van der Waals surface area (Å²) in [7, 11) is 2.93. The average Bonchev–Trinajstić information content (AvgIpc) is 3.20. The number of aromatic nitrogens is 5. The average molecular weight is 432 g/mol. The molecule has 0 unspecified atom stereocenters. The van der Waals surface area contributed by atoms with Gasteiger partial charge in [-0.15, -0.1) is 0 Å².